The number of benzene rings is 2. The van der Waals surface area contributed by atoms with E-state index in [-0.39, 0.29) is 5.56 Å². The zero-order valence-electron chi connectivity index (χ0n) is 14.7. The number of carbonyl (C=O) groups is 1. The Morgan fingerprint density at radius 3 is 2.61 bits per heavy atom. The first-order valence-electron chi connectivity index (χ1n) is 8.72. The number of nitrogens with one attached hydrogen (secondary N) is 1. The Labute approximate surface area is 165 Å². The Balaban J connectivity index is 1.65. The number of fused-ring (bicyclic) bond motifs is 1. The molecule has 2 aromatic heterocycles. The SMILES string of the molecule is O=C(NC(Cc1ccccc1Cl)c1ccco1)c1cc2ccccc2oc1=O. The lowest BCUT2D eigenvalue weighted by Gasteiger charge is -2.17. The lowest BCUT2D eigenvalue weighted by molar-refractivity contribution is 0.0928. The third kappa shape index (κ3) is 3.70. The number of furan rings is 1. The Kier molecular flexibility index (Phi) is 5.00. The van der Waals surface area contributed by atoms with Crippen LogP contribution < -0.4 is 10.9 Å². The van der Waals surface area contributed by atoms with Crippen molar-refractivity contribution in [2.75, 3.05) is 0 Å². The highest BCUT2D eigenvalue weighted by Crippen LogP contribution is 2.24. The molecule has 0 saturated heterocycles. The third-order valence-corrected chi connectivity index (χ3v) is 4.83. The van der Waals surface area contributed by atoms with E-state index < -0.39 is 17.6 Å². The van der Waals surface area contributed by atoms with Crippen molar-refractivity contribution < 1.29 is 13.6 Å². The molecule has 4 rings (SSSR count). The number of halogens is 1. The fourth-order valence-electron chi connectivity index (χ4n) is 3.05. The maximum atomic E-state index is 12.8. The molecule has 6 heteroatoms. The average molecular weight is 394 g/mol. The zero-order chi connectivity index (χ0) is 19.5. The van der Waals surface area contributed by atoms with Crippen LogP contribution in [-0.4, -0.2) is 5.91 Å². The molecular formula is C22H16ClNO4. The largest absolute Gasteiger partial charge is 0.467 e. The summed E-state index contributed by atoms with van der Waals surface area (Å²) in [7, 11) is 0. The van der Waals surface area contributed by atoms with Crippen molar-refractivity contribution in [2.45, 2.75) is 12.5 Å². The molecule has 0 saturated carbocycles. The van der Waals surface area contributed by atoms with Gasteiger partial charge in [-0.05, 0) is 35.9 Å². The van der Waals surface area contributed by atoms with E-state index >= 15 is 0 Å². The highest BCUT2D eigenvalue weighted by molar-refractivity contribution is 6.31. The quantitative estimate of drug-likeness (QED) is 0.496. The van der Waals surface area contributed by atoms with E-state index in [1.165, 1.54) is 12.3 Å². The van der Waals surface area contributed by atoms with Gasteiger partial charge in [-0.1, -0.05) is 48.0 Å². The summed E-state index contributed by atoms with van der Waals surface area (Å²) in [5.74, 6) is 0.0337. The van der Waals surface area contributed by atoms with Crippen LogP contribution in [0.15, 0.2) is 86.6 Å². The molecule has 5 nitrogen and oxygen atoms in total. The van der Waals surface area contributed by atoms with E-state index in [9.17, 15) is 9.59 Å². The summed E-state index contributed by atoms with van der Waals surface area (Å²) in [6, 6.07) is 19.0. The smallest absolute Gasteiger partial charge is 0.349 e. The standard InChI is InChI=1S/C22H16ClNO4/c23-17-8-3-1-6-14(17)13-18(20-10-5-11-27-20)24-21(25)16-12-15-7-2-4-9-19(15)28-22(16)26/h1-12,18H,13H2,(H,24,25). The molecule has 1 N–H and O–H groups in total. The second-order valence-electron chi connectivity index (χ2n) is 6.32. The second kappa shape index (κ2) is 7.74. The molecule has 0 bridgehead atoms. The van der Waals surface area contributed by atoms with Gasteiger partial charge in [-0.15, -0.1) is 0 Å². The molecule has 0 radical (unpaired) electrons. The Morgan fingerprint density at radius 2 is 1.82 bits per heavy atom. The Hall–Kier alpha value is -3.31. The van der Waals surface area contributed by atoms with Crippen LogP contribution in [-0.2, 0) is 6.42 Å². The molecule has 1 amide bonds. The first-order chi connectivity index (χ1) is 13.6. The van der Waals surface area contributed by atoms with Gasteiger partial charge in [0.15, 0.2) is 0 Å². The zero-order valence-corrected chi connectivity index (χ0v) is 15.5. The van der Waals surface area contributed by atoms with Gasteiger partial charge in [-0.3, -0.25) is 4.79 Å². The number of rotatable bonds is 5. The summed E-state index contributed by atoms with van der Waals surface area (Å²) in [6.07, 6.45) is 1.95. The monoisotopic (exact) mass is 393 g/mol. The van der Waals surface area contributed by atoms with Crippen LogP contribution >= 0.6 is 11.6 Å². The van der Waals surface area contributed by atoms with Crippen LogP contribution in [0.1, 0.15) is 27.7 Å². The minimum Gasteiger partial charge on any atom is -0.467 e. The van der Waals surface area contributed by atoms with E-state index in [0.717, 1.165) is 5.56 Å². The molecule has 2 aromatic carbocycles. The van der Waals surface area contributed by atoms with Crippen molar-refractivity contribution in [3.05, 3.63) is 105 Å². The van der Waals surface area contributed by atoms with Gasteiger partial charge in [-0.2, -0.15) is 0 Å². The summed E-state index contributed by atoms with van der Waals surface area (Å²) in [5.41, 5.74) is 0.542. The van der Waals surface area contributed by atoms with E-state index in [1.54, 1.807) is 36.4 Å². The summed E-state index contributed by atoms with van der Waals surface area (Å²) in [5, 5.41) is 4.14. The molecule has 2 heterocycles. The normalized spacial score (nSPS) is 12.0. The van der Waals surface area contributed by atoms with Crippen molar-refractivity contribution in [3.8, 4) is 0 Å². The van der Waals surface area contributed by atoms with Crippen LogP contribution in [0.3, 0.4) is 0 Å². The second-order valence-corrected chi connectivity index (χ2v) is 6.73. The predicted octanol–water partition coefficient (Wildman–Crippen LogP) is 4.75. The van der Waals surface area contributed by atoms with Gasteiger partial charge < -0.3 is 14.2 Å². The van der Waals surface area contributed by atoms with Crippen molar-refractivity contribution in [1.82, 2.24) is 5.32 Å². The van der Waals surface area contributed by atoms with Gasteiger partial charge in [0.2, 0.25) is 0 Å². The fraction of sp³-hybridized carbons (Fsp3) is 0.0909. The van der Waals surface area contributed by atoms with Crippen LogP contribution in [0.4, 0.5) is 0 Å². The molecule has 28 heavy (non-hydrogen) atoms. The fourth-order valence-corrected chi connectivity index (χ4v) is 3.27. The van der Waals surface area contributed by atoms with Gasteiger partial charge in [0, 0.05) is 16.8 Å². The molecule has 0 aliphatic heterocycles. The Bertz CT molecular complexity index is 1180. The van der Waals surface area contributed by atoms with Gasteiger partial charge in [-0.25, -0.2) is 4.79 Å². The number of hydrogen-bond donors (Lipinski definition) is 1. The number of carbonyl (C=O) groups excluding carboxylic acids is 1. The molecule has 140 valence electrons. The highest BCUT2D eigenvalue weighted by Gasteiger charge is 2.22. The van der Waals surface area contributed by atoms with E-state index in [4.69, 9.17) is 20.4 Å². The van der Waals surface area contributed by atoms with Crippen LogP contribution in [0, 0.1) is 0 Å². The van der Waals surface area contributed by atoms with Crippen molar-refractivity contribution in [3.63, 3.8) is 0 Å². The molecule has 4 aromatic rings. The van der Waals surface area contributed by atoms with Gasteiger partial charge >= 0.3 is 5.63 Å². The summed E-state index contributed by atoms with van der Waals surface area (Å²) < 4.78 is 10.7. The maximum absolute atomic E-state index is 12.8. The summed E-state index contributed by atoms with van der Waals surface area (Å²) >= 11 is 6.27. The highest BCUT2D eigenvalue weighted by atomic mass is 35.5. The molecule has 0 spiro atoms. The van der Waals surface area contributed by atoms with E-state index in [0.29, 0.717) is 28.2 Å². The average Bonchev–Trinajstić information content (AvgIpc) is 3.23. The molecule has 1 unspecified atom stereocenters. The lowest BCUT2D eigenvalue weighted by Crippen LogP contribution is -2.32. The van der Waals surface area contributed by atoms with Crippen molar-refractivity contribution in [1.29, 1.82) is 0 Å². The number of hydrogen-bond acceptors (Lipinski definition) is 4. The first kappa shape index (κ1) is 18.1. The van der Waals surface area contributed by atoms with Crippen LogP contribution in [0.25, 0.3) is 11.0 Å². The Morgan fingerprint density at radius 1 is 1.04 bits per heavy atom. The predicted molar refractivity (Wildman–Crippen MR) is 107 cm³/mol. The number of para-hydroxylation sites is 1. The molecule has 0 fully saturated rings. The van der Waals surface area contributed by atoms with Crippen molar-refractivity contribution >= 4 is 28.5 Å². The summed E-state index contributed by atoms with van der Waals surface area (Å²) in [4.78, 5) is 25.1. The topological polar surface area (TPSA) is 72.5 Å². The van der Waals surface area contributed by atoms with Crippen LogP contribution in [0.5, 0.6) is 0 Å². The minimum absolute atomic E-state index is 0.0607. The molecular weight excluding hydrogens is 378 g/mol. The maximum Gasteiger partial charge on any atom is 0.349 e. The van der Waals surface area contributed by atoms with Gasteiger partial charge in [0.05, 0.1) is 12.3 Å². The van der Waals surface area contributed by atoms with Gasteiger partial charge in [0.1, 0.15) is 16.9 Å². The van der Waals surface area contributed by atoms with E-state index in [2.05, 4.69) is 5.32 Å². The third-order valence-electron chi connectivity index (χ3n) is 4.46. The first-order valence-corrected chi connectivity index (χ1v) is 9.10. The van der Waals surface area contributed by atoms with E-state index in [1.807, 2.05) is 24.3 Å². The molecule has 0 aliphatic rings. The summed E-state index contributed by atoms with van der Waals surface area (Å²) in [6.45, 7) is 0. The van der Waals surface area contributed by atoms with Gasteiger partial charge in [0.25, 0.3) is 5.91 Å². The molecule has 0 aliphatic carbocycles. The number of amides is 1. The minimum atomic E-state index is -0.688. The lowest BCUT2D eigenvalue weighted by atomic mass is 10.0. The molecule has 1 atom stereocenters. The van der Waals surface area contributed by atoms with Crippen LogP contribution in [0.2, 0.25) is 5.02 Å². The van der Waals surface area contributed by atoms with Crippen molar-refractivity contribution in [2.24, 2.45) is 0 Å².